The van der Waals surface area contributed by atoms with E-state index < -0.39 is 0 Å². The summed E-state index contributed by atoms with van der Waals surface area (Å²) in [5.41, 5.74) is 3.31. The number of nitrogens with zero attached hydrogens (tertiary/aromatic N) is 3. The van der Waals surface area contributed by atoms with Crippen LogP contribution in [0.25, 0.3) is 0 Å². The quantitative estimate of drug-likeness (QED) is 0.836. The second kappa shape index (κ2) is 8.43. The molecule has 24 heavy (non-hydrogen) atoms. The number of hydrogen-bond donors (Lipinski definition) is 1. The minimum Gasteiger partial charge on any atom is -0.357 e. The van der Waals surface area contributed by atoms with Crippen molar-refractivity contribution in [3.8, 4) is 0 Å². The lowest BCUT2D eigenvalue weighted by Gasteiger charge is -2.22. The largest absolute Gasteiger partial charge is 0.357 e. The summed E-state index contributed by atoms with van der Waals surface area (Å²) in [7, 11) is 0. The fourth-order valence-corrected chi connectivity index (χ4v) is 2.71. The highest BCUT2D eigenvalue weighted by Gasteiger charge is 2.14. The molecule has 5 heteroatoms. The molecule has 0 bridgehead atoms. The minimum atomic E-state index is -0.205. The fourth-order valence-electron chi connectivity index (χ4n) is 2.71. The lowest BCUT2D eigenvalue weighted by Crippen LogP contribution is -2.26. The Morgan fingerprint density at radius 1 is 1.08 bits per heavy atom. The molecule has 1 amide bonds. The van der Waals surface area contributed by atoms with Gasteiger partial charge in [-0.1, -0.05) is 32.0 Å². The van der Waals surface area contributed by atoms with Crippen molar-refractivity contribution in [2.24, 2.45) is 0 Å². The van der Waals surface area contributed by atoms with E-state index in [-0.39, 0.29) is 5.91 Å². The molecule has 0 saturated heterocycles. The number of aryl methyl sites for hydroxylation is 2. The summed E-state index contributed by atoms with van der Waals surface area (Å²) in [5.74, 6) is 0.601. The number of aromatic nitrogens is 2. The van der Waals surface area contributed by atoms with Crippen LogP contribution in [0.15, 0.2) is 30.6 Å². The number of para-hydroxylation sites is 1. The molecular weight excluding hydrogens is 300 g/mol. The zero-order valence-corrected chi connectivity index (χ0v) is 15.0. The molecule has 128 valence electrons. The second-order valence-electron chi connectivity index (χ2n) is 5.97. The third kappa shape index (κ3) is 4.31. The maximum atomic E-state index is 12.6. The van der Waals surface area contributed by atoms with E-state index in [1.54, 1.807) is 6.07 Å². The SMILES string of the molecule is CCCN(CCC)c1cc(C(=O)Nc2c(C)cccc2C)ncn1. The van der Waals surface area contributed by atoms with Gasteiger partial charge in [0, 0.05) is 24.8 Å². The van der Waals surface area contributed by atoms with Gasteiger partial charge in [0.15, 0.2) is 0 Å². The number of anilines is 2. The molecule has 0 aliphatic rings. The summed E-state index contributed by atoms with van der Waals surface area (Å²) in [6.45, 7) is 10.1. The summed E-state index contributed by atoms with van der Waals surface area (Å²) < 4.78 is 0. The molecule has 0 atom stereocenters. The Bertz CT molecular complexity index is 673. The van der Waals surface area contributed by atoms with Crippen molar-refractivity contribution >= 4 is 17.4 Å². The third-order valence-electron chi connectivity index (χ3n) is 3.92. The Labute approximate surface area is 144 Å². The van der Waals surface area contributed by atoms with Crippen LogP contribution in [0.2, 0.25) is 0 Å². The van der Waals surface area contributed by atoms with Crippen molar-refractivity contribution in [3.05, 3.63) is 47.4 Å². The van der Waals surface area contributed by atoms with Crippen LogP contribution < -0.4 is 10.2 Å². The zero-order valence-electron chi connectivity index (χ0n) is 15.0. The van der Waals surface area contributed by atoms with Gasteiger partial charge in [0.05, 0.1) is 0 Å². The van der Waals surface area contributed by atoms with E-state index in [1.807, 2.05) is 32.0 Å². The standard InChI is InChI=1S/C19H26N4O/c1-5-10-23(11-6-2)17-12-16(20-13-21-17)19(24)22-18-14(3)8-7-9-15(18)4/h7-9,12-13H,5-6,10-11H2,1-4H3,(H,22,24). The maximum absolute atomic E-state index is 12.6. The van der Waals surface area contributed by atoms with Crippen molar-refractivity contribution in [2.75, 3.05) is 23.3 Å². The predicted octanol–water partition coefficient (Wildman–Crippen LogP) is 3.97. The lowest BCUT2D eigenvalue weighted by atomic mass is 10.1. The van der Waals surface area contributed by atoms with Gasteiger partial charge in [-0.25, -0.2) is 9.97 Å². The van der Waals surface area contributed by atoms with Gasteiger partial charge in [-0.3, -0.25) is 4.79 Å². The molecule has 1 aromatic heterocycles. The first-order valence-corrected chi connectivity index (χ1v) is 8.51. The molecule has 0 aliphatic heterocycles. The number of carbonyl (C=O) groups is 1. The molecular formula is C19H26N4O. The van der Waals surface area contributed by atoms with Gasteiger partial charge in [0.25, 0.3) is 5.91 Å². The number of nitrogens with one attached hydrogen (secondary N) is 1. The minimum absolute atomic E-state index is 0.205. The first-order valence-electron chi connectivity index (χ1n) is 8.51. The number of amides is 1. The first kappa shape index (κ1) is 17.9. The smallest absolute Gasteiger partial charge is 0.274 e. The molecule has 2 aromatic rings. The first-order chi connectivity index (χ1) is 11.6. The van der Waals surface area contributed by atoms with Crippen molar-refractivity contribution in [1.82, 2.24) is 9.97 Å². The molecule has 1 heterocycles. The summed E-state index contributed by atoms with van der Waals surface area (Å²) in [4.78, 5) is 23.3. The van der Waals surface area contributed by atoms with Crippen LogP contribution in [-0.2, 0) is 0 Å². The van der Waals surface area contributed by atoms with Crippen LogP contribution in [0.1, 0.15) is 48.3 Å². The predicted molar refractivity (Wildman–Crippen MR) is 98.7 cm³/mol. The van der Waals surface area contributed by atoms with E-state index in [4.69, 9.17) is 0 Å². The maximum Gasteiger partial charge on any atom is 0.274 e. The molecule has 0 spiro atoms. The Kier molecular flexibility index (Phi) is 6.29. The molecule has 1 aromatic carbocycles. The van der Waals surface area contributed by atoms with E-state index in [9.17, 15) is 4.79 Å². The Hall–Kier alpha value is -2.43. The number of hydrogen-bond acceptors (Lipinski definition) is 4. The van der Waals surface area contributed by atoms with E-state index >= 15 is 0 Å². The summed E-state index contributed by atoms with van der Waals surface area (Å²) in [5, 5.41) is 2.98. The molecule has 0 unspecified atom stereocenters. The van der Waals surface area contributed by atoms with Crippen molar-refractivity contribution in [2.45, 2.75) is 40.5 Å². The Balaban J connectivity index is 2.22. The molecule has 0 radical (unpaired) electrons. The van der Waals surface area contributed by atoms with Gasteiger partial charge < -0.3 is 10.2 Å². The van der Waals surface area contributed by atoms with Gasteiger partial charge in [-0.05, 0) is 37.8 Å². The number of benzene rings is 1. The molecule has 1 N–H and O–H groups in total. The van der Waals surface area contributed by atoms with E-state index in [1.165, 1.54) is 6.33 Å². The summed E-state index contributed by atoms with van der Waals surface area (Å²) in [6, 6.07) is 7.72. The van der Waals surface area contributed by atoms with Crippen LogP contribution in [0.5, 0.6) is 0 Å². The topological polar surface area (TPSA) is 58.1 Å². The highest BCUT2D eigenvalue weighted by Crippen LogP contribution is 2.20. The second-order valence-corrected chi connectivity index (χ2v) is 5.97. The highest BCUT2D eigenvalue weighted by molar-refractivity contribution is 6.04. The van der Waals surface area contributed by atoms with Crippen LogP contribution in [0.4, 0.5) is 11.5 Å². The number of carbonyl (C=O) groups excluding carboxylic acids is 1. The van der Waals surface area contributed by atoms with Crippen molar-refractivity contribution < 1.29 is 4.79 Å². The van der Waals surface area contributed by atoms with E-state index in [0.717, 1.165) is 48.6 Å². The summed E-state index contributed by atoms with van der Waals surface area (Å²) in [6.07, 6.45) is 3.54. The van der Waals surface area contributed by atoms with Gasteiger partial charge in [-0.2, -0.15) is 0 Å². The van der Waals surface area contributed by atoms with E-state index in [2.05, 4.69) is 34.0 Å². The average molecular weight is 326 g/mol. The molecule has 2 rings (SSSR count). The monoisotopic (exact) mass is 326 g/mol. The van der Waals surface area contributed by atoms with Gasteiger partial charge in [0.1, 0.15) is 17.8 Å². The normalized spacial score (nSPS) is 10.5. The molecule has 0 fully saturated rings. The molecule has 0 aliphatic carbocycles. The van der Waals surface area contributed by atoms with E-state index in [0.29, 0.717) is 5.69 Å². The zero-order chi connectivity index (χ0) is 17.5. The third-order valence-corrected chi connectivity index (χ3v) is 3.92. The van der Waals surface area contributed by atoms with Crippen molar-refractivity contribution in [1.29, 1.82) is 0 Å². The van der Waals surface area contributed by atoms with Gasteiger partial charge in [0.2, 0.25) is 0 Å². The lowest BCUT2D eigenvalue weighted by molar-refractivity contribution is 0.102. The van der Waals surface area contributed by atoms with Crippen LogP contribution in [0.3, 0.4) is 0 Å². The average Bonchev–Trinajstić information content (AvgIpc) is 2.58. The Morgan fingerprint density at radius 2 is 1.71 bits per heavy atom. The van der Waals surface area contributed by atoms with Gasteiger partial charge >= 0.3 is 0 Å². The Morgan fingerprint density at radius 3 is 2.29 bits per heavy atom. The van der Waals surface area contributed by atoms with Gasteiger partial charge in [-0.15, -0.1) is 0 Å². The molecule has 5 nitrogen and oxygen atoms in total. The van der Waals surface area contributed by atoms with Crippen molar-refractivity contribution in [3.63, 3.8) is 0 Å². The molecule has 0 saturated carbocycles. The van der Waals surface area contributed by atoms with Crippen LogP contribution in [-0.4, -0.2) is 29.0 Å². The van der Waals surface area contributed by atoms with Crippen LogP contribution in [0, 0.1) is 13.8 Å². The fraction of sp³-hybridized carbons (Fsp3) is 0.421. The number of rotatable bonds is 7. The highest BCUT2D eigenvalue weighted by atomic mass is 16.1. The summed E-state index contributed by atoms with van der Waals surface area (Å²) >= 11 is 0. The van der Waals surface area contributed by atoms with Crippen LogP contribution >= 0.6 is 0 Å².